The van der Waals surface area contributed by atoms with Gasteiger partial charge in [0.1, 0.15) is 10.8 Å². The minimum Gasteiger partial charge on any atom is -0.462 e. The van der Waals surface area contributed by atoms with E-state index in [1.165, 1.54) is 11.3 Å². The smallest absolute Gasteiger partial charge is 0.341 e. The average molecular weight is 502 g/mol. The molecule has 1 aliphatic rings. The van der Waals surface area contributed by atoms with Crippen molar-refractivity contribution < 1.29 is 27.2 Å². The molecule has 0 aliphatic heterocycles. The number of hydrogen-bond donors (Lipinski definition) is 1. The molecule has 13 heteroatoms. The summed E-state index contributed by atoms with van der Waals surface area (Å²) in [7, 11) is -4.19. The molecule has 0 unspecified atom stereocenters. The number of rotatable bonds is 7. The minimum atomic E-state index is -4.19. The van der Waals surface area contributed by atoms with Crippen LogP contribution in [0.4, 0.5) is 5.00 Å². The fraction of sp³-hybridized carbons (Fsp3) is 0.333. The van der Waals surface area contributed by atoms with Crippen LogP contribution in [0.3, 0.4) is 0 Å². The van der Waals surface area contributed by atoms with E-state index in [-0.39, 0.29) is 12.5 Å². The van der Waals surface area contributed by atoms with Crippen LogP contribution in [-0.2, 0) is 32.2 Å². The summed E-state index contributed by atoms with van der Waals surface area (Å²) in [4.78, 5) is 26.4. The molecular formula is C18H16ClN3O6S3. The first-order valence-electron chi connectivity index (χ1n) is 9.22. The van der Waals surface area contributed by atoms with Crippen molar-refractivity contribution >= 4 is 61.0 Å². The van der Waals surface area contributed by atoms with E-state index in [9.17, 15) is 18.0 Å². The van der Waals surface area contributed by atoms with Gasteiger partial charge < -0.3 is 14.5 Å². The Kier molecular flexibility index (Phi) is 6.15. The van der Waals surface area contributed by atoms with Crippen LogP contribution < -0.4 is 5.32 Å². The summed E-state index contributed by atoms with van der Waals surface area (Å²) < 4.78 is 36.0. The summed E-state index contributed by atoms with van der Waals surface area (Å²) >= 11 is 8.28. The standard InChI is InChI=1S/C18H16ClN3O6S3/c1-2-27-17(24)14-9-4-3-5-10(9)30-16(14)20-13(23)8-31(25,26)18-22-21-15(28-18)11-6-7-12(19)29-11/h6-7H,2-5,8H2,1H3,(H,20,23). The van der Waals surface area contributed by atoms with Gasteiger partial charge in [0, 0.05) is 4.88 Å². The third kappa shape index (κ3) is 4.52. The predicted octanol–water partition coefficient (Wildman–Crippen LogP) is 3.59. The number of anilines is 1. The van der Waals surface area contributed by atoms with Gasteiger partial charge in [0.25, 0.3) is 5.89 Å². The Morgan fingerprint density at radius 2 is 2.06 bits per heavy atom. The number of nitrogens with zero attached hydrogens (tertiary/aromatic N) is 2. The van der Waals surface area contributed by atoms with Crippen molar-refractivity contribution in [3.63, 3.8) is 0 Å². The molecule has 0 bridgehead atoms. The van der Waals surface area contributed by atoms with Gasteiger partial charge in [0.05, 0.1) is 21.4 Å². The largest absolute Gasteiger partial charge is 0.462 e. The van der Waals surface area contributed by atoms with E-state index < -0.39 is 32.7 Å². The number of esters is 1. The quantitative estimate of drug-likeness (QED) is 0.486. The summed E-state index contributed by atoms with van der Waals surface area (Å²) in [5.74, 6) is -2.26. The van der Waals surface area contributed by atoms with E-state index in [1.54, 1.807) is 19.1 Å². The van der Waals surface area contributed by atoms with E-state index >= 15 is 0 Å². The minimum absolute atomic E-state index is 0.00448. The third-order valence-corrected chi connectivity index (χ3v) is 8.20. The molecule has 1 amide bonds. The average Bonchev–Trinajstić information content (AvgIpc) is 3.44. The van der Waals surface area contributed by atoms with Crippen LogP contribution in [-0.4, -0.2) is 42.9 Å². The highest BCUT2D eigenvalue weighted by Gasteiger charge is 2.31. The number of halogens is 1. The van der Waals surface area contributed by atoms with Gasteiger partial charge in [-0.1, -0.05) is 16.7 Å². The van der Waals surface area contributed by atoms with Crippen LogP contribution in [0.2, 0.25) is 4.34 Å². The monoisotopic (exact) mass is 501 g/mol. The SMILES string of the molecule is CCOC(=O)c1c(NC(=O)CS(=O)(=O)c2nnc(-c3ccc(Cl)s3)o2)sc2c1CCC2. The molecule has 9 nitrogen and oxygen atoms in total. The highest BCUT2D eigenvalue weighted by molar-refractivity contribution is 7.91. The lowest BCUT2D eigenvalue weighted by Gasteiger charge is -2.07. The summed E-state index contributed by atoms with van der Waals surface area (Å²) in [6, 6.07) is 3.24. The van der Waals surface area contributed by atoms with Crippen LogP contribution in [0.25, 0.3) is 10.8 Å². The van der Waals surface area contributed by atoms with Crippen molar-refractivity contribution in [3.05, 3.63) is 32.5 Å². The second-order valence-corrected chi connectivity index (χ2v) is 11.3. The maximum atomic E-state index is 12.6. The molecule has 0 aromatic carbocycles. The van der Waals surface area contributed by atoms with Crippen LogP contribution in [0, 0.1) is 0 Å². The van der Waals surface area contributed by atoms with Crippen molar-refractivity contribution in [3.8, 4) is 10.8 Å². The summed E-state index contributed by atoms with van der Waals surface area (Å²) in [5.41, 5.74) is 1.16. The van der Waals surface area contributed by atoms with Gasteiger partial charge >= 0.3 is 11.2 Å². The molecule has 1 N–H and O–H groups in total. The fourth-order valence-corrected chi connectivity index (χ4v) is 6.34. The number of thiophene rings is 2. The van der Waals surface area contributed by atoms with Crippen molar-refractivity contribution in [2.75, 3.05) is 17.7 Å². The summed E-state index contributed by atoms with van der Waals surface area (Å²) in [6.45, 7) is 1.89. The Morgan fingerprint density at radius 3 is 2.77 bits per heavy atom. The van der Waals surface area contributed by atoms with E-state index in [0.29, 0.717) is 26.2 Å². The summed E-state index contributed by atoms with van der Waals surface area (Å²) in [6.07, 6.45) is 2.44. The van der Waals surface area contributed by atoms with E-state index in [4.69, 9.17) is 20.8 Å². The molecule has 0 radical (unpaired) electrons. The van der Waals surface area contributed by atoms with Gasteiger partial charge in [-0.2, -0.15) is 0 Å². The van der Waals surface area contributed by atoms with Crippen molar-refractivity contribution in [2.45, 2.75) is 31.4 Å². The molecule has 4 rings (SSSR count). The number of aromatic nitrogens is 2. The number of amides is 1. The van der Waals surface area contributed by atoms with Gasteiger partial charge in [0.15, 0.2) is 0 Å². The Morgan fingerprint density at radius 1 is 1.26 bits per heavy atom. The topological polar surface area (TPSA) is 128 Å². The van der Waals surface area contributed by atoms with Crippen LogP contribution in [0.15, 0.2) is 21.8 Å². The first-order chi connectivity index (χ1) is 14.8. The number of carbonyl (C=O) groups excluding carboxylic acids is 2. The van der Waals surface area contributed by atoms with E-state index in [1.807, 2.05) is 0 Å². The van der Waals surface area contributed by atoms with Crippen LogP contribution in [0.1, 0.15) is 34.1 Å². The Balaban J connectivity index is 1.51. The molecule has 0 atom stereocenters. The molecule has 0 saturated heterocycles. The number of sulfone groups is 1. The Labute approximate surface area is 190 Å². The van der Waals surface area contributed by atoms with E-state index in [0.717, 1.165) is 34.6 Å². The zero-order valence-electron chi connectivity index (χ0n) is 16.1. The lowest BCUT2D eigenvalue weighted by molar-refractivity contribution is -0.113. The predicted molar refractivity (Wildman–Crippen MR) is 116 cm³/mol. The van der Waals surface area contributed by atoms with Gasteiger partial charge in [-0.15, -0.1) is 27.8 Å². The molecule has 0 fully saturated rings. The molecule has 31 heavy (non-hydrogen) atoms. The molecule has 164 valence electrons. The van der Waals surface area contributed by atoms with Gasteiger partial charge in [-0.05, 0) is 43.9 Å². The second-order valence-electron chi connectivity index (χ2n) is 6.57. The molecular weight excluding hydrogens is 486 g/mol. The normalized spacial score (nSPS) is 13.2. The van der Waals surface area contributed by atoms with Gasteiger partial charge in [-0.25, -0.2) is 13.2 Å². The van der Waals surface area contributed by atoms with Crippen LogP contribution in [0.5, 0.6) is 0 Å². The van der Waals surface area contributed by atoms with Gasteiger partial charge in [-0.3, -0.25) is 4.79 Å². The first-order valence-corrected chi connectivity index (χ1v) is 12.9. The molecule has 3 aromatic rings. The van der Waals surface area contributed by atoms with Crippen LogP contribution >= 0.6 is 34.3 Å². The number of fused-ring (bicyclic) bond motifs is 1. The molecule has 0 saturated carbocycles. The first kappa shape index (κ1) is 21.9. The number of nitrogens with one attached hydrogen (secondary N) is 1. The zero-order valence-corrected chi connectivity index (χ0v) is 19.3. The summed E-state index contributed by atoms with van der Waals surface area (Å²) in [5, 5.41) is 9.44. The van der Waals surface area contributed by atoms with Crippen molar-refractivity contribution in [2.24, 2.45) is 0 Å². The maximum absolute atomic E-state index is 12.6. The maximum Gasteiger partial charge on any atom is 0.341 e. The fourth-order valence-electron chi connectivity index (χ4n) is 3.17. The molecule has 1 aliphatic carbocycles. The van der Waals surface area contributed by atoms with Gasteiger partial charge in [0.2, 0.25) is 15.7 Å². The number of carbonyl (C=O) groups is 2. The Bertz CT molecular complexity index is 1260. The highest BCUT2D eigenvalue weighted by atomic mass is 35.5. The van der Waals surface area contributed by atoms with E-state index in [2.05, 4.69) is 15.5 Å². The Hall–Kier alpha value is -2.28. The lowest BCUT2D eigenvalue weighted by atomic mass is 10.1. The lowest BCUT2D eigenvalue weighted by Crippen LogP contribution is -2.24. The number of aryl methyl sites for hydroxylation is 1. The second kappa shape index (κ2) is 8.69. The molecule has 3 heterocycles. The number of ether oxygens (including phenoxy) is 1. The third-order valence-electron chi connectivity index (χ3n) is 4.43. The molecule has 0 spiro atoms. The zero-order chi connectivity index (χ0) is 22.2. The van der Waals surface area contributed by atoms with Crippen molar-refractivity contribution in [1.82, 2.24) is 10.2 Å². The molecule has 3 aromatic heterocycles. The van der Waals surface area contributed by atoms with Crippen molar-refractivity contribution in [1.29, 1.82) is 0 Å². The number of hydrogen-bond acceptors (Lipinski definition) is 10. The highest BCUT2D eigenvalue weighted by Crippen LogP contribution is 2.39.